The molecule has 3 nitrogen and oxygen atoms in total. The summed E-state index contributed by atoms with van der Waals surface area (Å²) in [4.78, 5) is 0. The zero-order valence-electron chi connectivity index (χ0n) is 9.74. The first-order valence-corrected chi connectivity index (χ1v) is 5.89. The van der Waals surface area contributed by atoms with Crippen LogP contribution in [-0.2, 0) is 0 Å². The number of hydrogen-bond acceptors (Lipinski definition) is 3. The summed E-state index contributed by atoms with van der Waals surface area (Å²) in [5, 5.41) is 3.46. The van der Waals surface area contributed by atoms with Gasteiger partial charge in [-0.1, -0.05) is 6.42 Å². The van der Waals surface area contributed by atoms with E-state index in [2.05, 4.69) is 5.32 Å². The van der Waals surface area contributed by atoms with Crippen LogP contribution in [0.1, 0.15) is 19.3 Å². The number of hydrogen-bond donors (Lipinski definition) is 1. The Bertz CT molecular complexity index is 304. The zero-order valence-corrected chi connectivity index (χ0v) is 9.74. The third-order valence-corrected chi connectivity index (χ3v) is 2.92. The molecule has 2 rings (SSSR count). The Morgan fingerprint density at radius 1 is 1.19 bits per heavy atom. The lowest BCUT2D eigenvalue weighted by molar-refractivity contribution is 0.239. The van der Waals surface area contributed by atoms with Crippen molar-refractivity contribution in [2.75, 3.05) is 20.3 Å². The van der Waals surface area contributed by atoms with Crippen molar-refractivity contribution in [3.05, 3.63) is 24.3 Å². The van der Waals surface area contributed by atoms with Gasteiger partial charge in [0.05, 0.1) is 7.11 Å². The fourth-order valence-corrected chi connectivity index (χ4v) is 1.94. The smallest absolute Gasteiger partial charge is 0.119 e. The predicted molar refractivity (Wildman–Crippen MR) is 64.1 cm³/mol. The SMILES string of the molecule is COc1ccc(OCC2CCCCN2)cc1. The van der Waals surface area contributed by atoms with Gasteiger partial charge in [0, 0.05) is 6.04 Å². The van der Waals surface area contributed by atoms with Crippen LogP contribution in [0.5, 0.6) is 11.5 Å². The van der Waals surface area contributed by atoms with Crippen molar-refractivity contribution in [2.45, 2.75) is 25.3 Å². The molecule has 1 aliphatic heterocycles. The Balaban J connectivity index is 1.79. The van der Waals surface area contributed by atoms with Gasteiger partial charge in [-0.2, -0.15) is 0 Å². The molecule has 1 aliphatic rings. The highest BCUT2D eigenvalue weighted by molar-refractivity contribution is 5.31. The summed E-state index contributed by atoms with van der Waals surface area (Å²) in [5.41, 5.74) is 0. The van der Waals surface area contributed by atoms with Crippen LogP contribution < -0.4 is 14.8 Å². The molecule has 1 aromatic carbocycles. The standard InChI is InChI=1S/C13H19NO2/c1-15-12-5-7-13(8-6-12)16-10-11-4-2-3-9-14-11/h5-8,11,14H,2-4,9-10H2,1H3. The minimum atomic E-state index is 0.510. The largest absolute Gasteiger partial charge is 0.497 e. The minimum Gasteiger partial charge on any atom is -0.497 e. The molecule has 0 saturated carbocycles. The lowest BCUT2D eigenvalue weighted by atomic mass is 10.1. The van der Waals surface area contributed by atoms with Gasteiger partial charge >= 0.3 is 0 Å². The molecule has 16 heavy (non-hydrogen) atoms. The second-order valence-corrected chi connectivity index (χ2v) is 4.13. The van der Waals surface area contributed by atoms with E-state index in [1.54, 1.807) is 7.11 Å². The monoisotopic (exact) mass is 221 g/mol. The van der Waals surface area contributed by atoms with E-state index in [-0.39, 0.29) is 0 Å². The van der Waals surface area contributed by atoms with Crippen LogP contribution in [0.15, 0.2) is 24.3 Å². The molecule has 0 aromatic heterocycles. The van der Waals surface area contributed by atoms with Gasteiger partial charge in [-0.25, -0.2) is 0 Å². The molecule has 88 valence electrons. The van der Waals surface area contributed by atoms with E-state index in [0.29, 0.717) is 6.04 Å². The number of rotatable bonds is 4. The molecule has 1 aromatic rings. The third kappa shape index (κ3) is 3.14. The van der Waals surface area contributed by atoms with Gasteiger partial charge in [0.15, 0.2) is 0 Å². The predicted octanol–water partition coefficient (Wildman–Crippen LogP) is 2.22. The average molecular weight is 221 g/mol. The van der Waals surface area contributed by atoms with Crippen LogP contribution in [0.2, 0.25) is 0 Å². The van der Waals surface area contributed by atoms with E-state index in [1.165, 1.54) is 19.3 Å². The van der Waals surface area contributed by atoms with Crippen LogP contribution >= 0.6 is 0 Å². The maximum atomic E-state index is 5.73. The van der Waals surface area contributed by atoms with Gasteiger partial charge < -0.3 is 14.8 Å². The Labute approximate surface area is 96.8 Å². The van der Waals surface area contributed by atoms with Crippen LogP contribution in [0.25, 0.3) is 0 Å². The van der Waals surface area contributed by atoms with Gasteiger partial charge in [0.25, 0.3) is 0 Å². The summed E-state index contributed by atoms with van der Waals surface area (Å²) in [7, 11) is 1.67. The first-order valence-electron chi connectivity index (χ1n) is 5.89. The highest BCUT2D eigenvalue weighted by Gasteiger charge is 2.12. The molecule has 1 atom stereocenters. The Morgan fingerprint density at radius 2 is 1.94 bits per heavy atom. The molecule has 1 fully saturated rings. The summed E-state index contributed by atoms with van der Waals surface area (Å²) in [5.74, 6) is 1.77. The second kappa shape index (κ2) is 5.75. The first kappa shape index (κ1) is 11.3. The highest BCUT2D eigenvalue weighted by Crippen LogP contribution is 2.17. The molecule has 1 N–H and O–H groups in total. The summed E-state index contributed by atoms with van der Waals surface area (Å²) < 4.78 is 10.8. The van der Waals surface area contributed by atoms with Crippen molar-refractivity contribution in [2.24, 2.45) is 0 Å². The number of benzene rings is 1. The van der Waals surface area contributed by atoms with Gasteiger partial charge in [0.2, 0.25) is 0 Å². The molecular formula is C13H19NO2. The van der Waals surface area contributed by atoms with E-state index < -0.39 is 0 Å². The number of piperidine rings is 1. The van der Waals surface area contributed by atoms with Crippen molar-refractivity contribution >= 4 is 0 Å². The van der Waals surface area contributed by atoms with Crippen molar-refractivity contribution in [3.63, 3.8) is 0 Å². The number of ether oxygens (including phenoxy) is 2. The fraction of sp³-hybridized carbons (Fsp3) is 0.538. The third-order valence-electron chi connectivity index (χ3n) is 2.92. The normalized spacial score (nSPS) is 20.4. The summed E-state index contributed by atoms with van der Waals surface area (Å²) in [6, 6.07) is 8.24. The van der Waals surface area contributed by atoms with Gasteiger partial charge in [0.1, 0.15) is 18.1 Å². The summed E-state index contributed by atoms with van der Waals surface area (Å²) in [6.45, 7) is 1.88. The molecule has 0 bridgehead atoms. The molecule has 3 heteroatoms. The molecule has 1 unspecified atom stereocenters. The molecule has 1 heterocycles. The van der Waals surface area contributed by atoms with Gasteiger partial charge in [-0.15, -0.1) is 0 Å². The van der Waals surface area contributed by atoms with Crippen LogP contribution in [-0.4, -0.2) is 26.3 Å². The average Bonchev–Trinajstić information content (AvgIpc) is 2.38. The maximum Gasteiger partial charge on any atom is 0.119 e. The molecular weight excluding hydrogens is 202 g/mol. The second-order valence-electron chi connectivity index (χ2n) is 4.13. The van der Waals surface area contributed by atoms with E-state index in [0.717, 1.165) is 24.7 Å². The molecule has 0 spiro atoms. The topological polar surface area (TPSA) is 30.5 Å². The number of nitrogens with one attached hydrogen (secondary N) is 1. The fourth-order valence-electron chi connectivity index (χ4n) is 1.94. The Morgan fingerprint density at radius 3 is 2.56 bits per heavy atom. The Kier molecular flexibility index (Phi) is 4.05. The van der Waals surface area contributed by atoms with Crippen LogP contribution in [0.3, 0.4) is 0 Å². The minimum absolute atomic E-state index is 0.510. The highest BCUT2D eigenvalue weighted by atomic mass is 16.5. The van der Waals surface area contributed by atoms with E-state index in [9.17, 15) is 0 Å². The van der Waals surface area contributed by atoms with Crippen molar-refractivity contribution in [3.8, 4) is 11.5 Å². The van der Waals surface area contributed by atoms with E-state index in [4.69, 9.17) is 9.47 Å². The molecule has 0 aliphatic carbocycles. The van der Waals surface area contributed by atoms with Crippen molar-refractivity contribution < 1.29 is 9.47 Å². The van der Waals surface area contributed by atoms with Crippen LogP contribution in [0, 0.1) is 0 Å². The lowest BCUT2D eigenvalue weighted by Gasteiger charge is -2.23. The van der Waals surface area contributed by atoms with Gasteiger partial charge in [-0.3, -0.25) is 0 Å². The molecule has 0 amide bonds. The van der Waals surface area contributed by atoms with Crippen molar-refractivity contribution in [1.29, 1.82) is 0 Å². The van der Waals surface area contributed by atoms with E-state index in [1.807, 2.05) is 24.3 Å². The molecule has 1 saturated heterocycles. The number of methoxy groups -OCH3 is 1. The molecule has 0 radical (unpaired) electrons. The lowest BCUT2D eigenvalue weighted by Crippen LogP contribution is -2.38. The van der Waals surface area contributed by atoms with Crippen molar-refractivity contribution in [1.82, 2.24) is 5.32 Å². The quantitative estimate of drug-likeness (QED) is 0.845. The Hall–Kier alpha value is -1.22. The summed E-state index contributed by atoms with van der Waals surface area (Å²) >= 11 is 0. The summed E-state index contributed by atoms with van der Waals surface area (Å²) in [6.07, 6.45) is 3.82. The van der Waals surface area contributed by atoms with Gasteiger partial charge in [-0.05, 0) is 43.7 Å². The first-order chi connectivity index (χ1) is 7.88. The van der Waals surface area contributed by atoms with E-state index >= 15 is 0 Å². The zero-order chi connectivity index (χ0) is 11.2. The maximum absolute atomic E-state index is 5.73. The van der Waals surface area contributed by atoms with Crippen LogP contribution in [0.4, 0.5) is 0 Å².